The molecule has 1 aliphatic heterocycles. The van der Waals surface area contributed by atoms with E-state index in [1.807, 2.05) is 82.4 Å². The van der Waals surface area contributed by atoms with Gasteiger partial charge in [0.25, 0.3) is 10.0 Å². The first-order chi connectivity index (χ1) is 22.5. The molecule has 0 aliphatic carbocycles. The number of likely N-dealkylation sites (N-methyl/N-ethyl adjacent to an activating group) is 1. The van der Waals surface area contributed by atoms with Gasteiger partial charge in [-0.05, 0) is 81.1 Å². The van der Waals surface area contributed by atoms with Crippen LogP contribution in [0.1, 0.15) is 30.5 Å². The molecule has 0 fully saturated rings. The number of nitrogens with one attached hydrogen (secondary N) is 1. The Hall–Kier alpha value is -4.38. The first kappa shape index (κ1) is 34.0. The molecule has 9 nitrogen and oxygen atoms in total. The molecular formula is C37H43N3O6S. The van der Waals surface area contributed by atoms with Crippen LogP contribution in [0.25, 0.3) is 0 Å². The van der Waals surface area contributed by atoms with Gasteiger partial charge in [-0.2, -0.15) is 0 Å². The van der Waals surface area contributed by atoms with Crippen molar-refractivity contribution in [3.63, 3.8) is 0 Å². The minimum Gasteiger partial charge on any atom is -0.488 e. The summed E-state index contributed by atoms with van der Waals surface area (Å²) < 4.78 is 41.4. The van der Waals surface area contributed by atoms with Crippen LogP contribution in [0.2, 0.25) is 0 Å². The second-order valence-electron chi connectivity index (χ2n) is 12.4. The van der Waals surface area contributed by atoms with Crippen molar-refractivity contribution in [2.75, 3.05) is 31.5 Å². The third kappa shape index (κ3) is 8.91. The molecule has 0 unspecified atom stereocenters. The normalized spacial score (nSPS) is 17.6. The third-order valence-electron chi connectivity index (χ3n) is 8.35. The molecule has 2 N–H and O–H groups in total. The van der Waals surface area contributed by atoms with Crippen LogP contribution in [-0.4, -0.2) is 68.1 Å². The van der Waals surface area contributed by atoms with Crippen LogP contribution in [0.5, 0.6) is 17.2 Å². The first-order valence-electron chi connectivity index (χ1n) is 15.8. The average molecular weight is 658 g/mol. The predicted molar refractivity (Wildman–Crippen MR) is 183 cm³/mol. The van der Waals surface area contributed by atoms with Gasteiger partial charge in [-0.25, -0.2) is 8.42 Å². The van der Waals surface area contributed by atoms with Gasteiger partial charge in [-0.3, -0.25) is 14.4 Å². The van der Waals surface area contributed by atoms with Crippen LogP contribution < -0.4 is 14.2 Å². The summed E-state index contributed by atoms with van der Waals surface area (Å²) in [5, 5.41) is 9.97. The quantitative estimate of drug-likeness (QED) is 0.208. The minimum atomic E-state index is -3.84. The van der Waals surface area contributed by atoms with Crippen molar-refractivity contribution >= 4 is 21.6 Å². The summed E-state index contributed by atoms with van der Waals surface area (Å²) in [5.74, 6) is 1.85. The van der Waals surface area contributed by atoms with Gasteiger partial charge < -0.3 is 19.5 Å². The number of aryl methyl sites for hydroxylation is 1. The molecule has 0 saturated heterocycles. The number of fused-ring (bicyclic) bond motifs is 1. The number of benzene rings is 4. The fourth-order valence-corrected chi connectivity index (χ4v) is 6.66. The molecule has 5 rings (SSSR count). The van der Waals surface area contributed by atoms with E-state index < -0.39 is 10.0 Å². The first-order valence-corrected chi connectivity index (χ1v) is 17.3. The highest BCUT2D eigenvalue weighted by molar-refractivity contribution is 7.92. The lowest BCUT2D eigenvalue weighted by atomic mass is 10.0. The lowest BCUT2D eigenvalue weighted by Gasteiger charge is -2.34. The number of para-hydroxylation sites is 1. The number of nitrogens with zero attached hydrogens (tertiary/aromatic N) is 2. The molecule has 10 heteroatoms. The molecule has 1 aliphatic rings. The number of carbonyl (C=O) groups is 1. The Morgan fingerprint density at radius 1 is 1.00 bits per heavy atom. The number of sulfonamides is 1. The zero-order chi connectivity index (χ0) is 33.6. The fourth-order valence-electron chi connectivity index (χ4n) is 5.61. The maximum absolute atomic E-state index is 13.6. The zero-order valence-electron chi connectivity index (χ0n) is 27.3. The average Bonchev–Trinajstić information content (AvgIpc) is 3.09. The highest BCUT2D eigenvalue weighted by Gasteiger charge is 2.31. The Labute approximate surface area is 277 Å². The summed E-state index contributed by atoms with van der Waals surface area (Å²) >= 11 is 0. The lowest BCUT2D eigenvalue weighted by molar-refractivity contribution is -0.134. The summed E-state index contributed by atoms with van der Waals surface area (Å²) in [6.45, 7) is 7.24. The number of amides is 1. The van der Waals surface area contributed by atoms with Crippen LogP contribution in [0.3, 0.4) is 0 Å². The molecule has 4 aromatic carbocycles. The molecule has 0 aromatic heterocycles. The molecule has 248 valence electrons. The SMILES string of the molecule is Cc1ccc(S(=O)(=O)Nc2ccc3c(c2)CC(=O)N([C@@H](C)CO)C[C@@H](C)[C@@H](CN(C)Cc2ccc(Oc4ccccc4)cc2)O3)cc1. The molecular weight excluding hydrogens is 614 g/mol. The van der Waals surface area contributed by atoms with Gasteiger partial charge in [0, 0.05) is 36.8 Å². The van der Waals surface area contributed by atoms with Crippen LogP contribution in [0.15, 0.2) is 102 Å². The van der Waals surface area contributed by atoms with Gasteiger partial charge in [0.15, 0.2) is 0 Å². The topological polar surface area (TPSA) is 108 Å². The number of rotatable bonds is 11. The number of hydrogen-bond donors (Lipinski definition) is 2. The Balaban J connectivity index is 1.34. The minimum absolute atomic E-state index is 0.00640. The van der Waals surface area contributed by atoms with E-state index in [9.17, 15) is 18.3 Å². The maximum Gasteiger partial charge on any atom is 0.261 e. The van der Waals surface area contributed by atoms with Gasteiger partial charge in [0.1, 0.15) is 23.4 Å². The predicted octanol–water partition coefficient (Wildman–Crippen LogP) is 5.87. The number of anilines is 1. The Morgan fingerprint density at radius 2 is 1.68 bits per heavy atom. The largest absolute Gasteiger partial charge is 0.488 e. The number of hydrogen-bond acceptors (Lipinski definition) is 7. The molecule has 0 bridgehead atoms. The monoisotopic (exact) mass is 657 g/mol. The highest BCUT2D eigenvalue weighted by Crippen LogP contribution is 2.30. The molecule has 0 spiro atoms. The smallest absolute Gasteiger partial charge is 0.261 e. The van der Waals surface area contributed by atoms with Gasteiger partial charge in [0.05, 0.1) is 24.0 Å². The van der Waals surface area contributed by atoms with E-state index in [0.717, 1.165) is 22.6 Å². The van der Waals surface area contributed by atoms with Gasteiger partial charge in [0.2, 0.25) is 5.91 Å². The fraction of sp³-hybridized carbons (Fsp3) is 0.324. The van der Waals surface area contributed by atoms with E-state index in [1.54, 1.807) is 47.4 Å². The number of ether oxygens (including phenoxy) is 2. The van der Waals surface area contributed by atoms with Crippen molar-refractivity contribution in [1.29, 1.82) is 0 Å². The van der Waals surface area contributed by atoms with Gasteiger partial charge in [-0.15, -0.1) is 0 Å². The van der Waals surface area contributed by atoms with Crippen molar-refractivity contribution in [3.8, 4) is 17.2 Å². The summed E-state index contributed by atoms with van der Waals surface area (Å²) in [6.07, 6.45) is -0.291. The van der Waals surface area contributed by atoms with Crippen molar-refractivity contribution in [2.24, 2.45) is 5.92 Å². The Bertz CT molecular complexity index is 1750. The molecule has 3 atom stereocenters. The van der Waals surface area contributed by atoms with E-state index in [2.05, 4.69) is 9.62 Å². The molecule has 4 aromatic rings. The van der Waals surface area contributed by atoms with E-state index in [1.165, 1.54) is 0 Å². The van der Waals surface area contributed by atoms with E-state index in [0.29, 0.717) is 36.6 Å². The Kier molecular flexibility index (Phi) is 10.9. The lowest BCUT2D eigenvalue weighted by Crippen LogP contribution is -2.47. The summed E-state index contributed by atoms with van der Waals surface area (Å²) in [5.41, 5.74) is 2.98. The second-order valence-corrected chi connectivity index (χ2v) is 14.1. The Morgan fingerprint density at radius 3 is 2.36 bits per heavy atom. The summed E-state index contributed by atoms with van der Waals surface area (Å²) in [4.78, 5) is 17.6. The van der Waals surface area contributed by atoms with Crippen molar-refractivity contribution in [1.82, 2.24) is 9.80 Å². The number of aliphatic hydroxyl groups excluding tert-OH is 1. The molecule has 0 saturated carbocycles. The van der Waals surface area contributed by atoms with E-state index in [4.69, 9.17) is 9.47 Å². The standard InChI is InChI=1S/C37H43N3O6S/c1-26-10-17-34(18-11-26)47(43,44)38-31-14-19-35-30(20-31)21-37(42)40(28(3)25-41)22-27(2)36(46-35)24-39(4)23-29-12-15-33(16-13-29)45-32-8-6-5-7-9-32/h5-20,27-28,36,38,41H,21-25H2,1-4H3/t27-,28+,36-/m1/s1. The van der Waals surface area contributed by atoms with Crippen molar-refractivity contribution < 1.29 is 27.8 Å². The maximum atomic E-state index is 13.6. The van der Waals surface area contributed by atoms with Crippen LogP contribution in [0.4, 0.5) is 5.69 Å². The second kappa shape index (κ2) is 15.0. The van der Waals surface area contributed by atoms with Crippen molar-refractivity contribution in [3.05, 3.63) is 114 Å². The molecule has 1 amide bonds. The molecule has 0 radical (unpaired) electrons. The highest BCUT2D eigenvalue weighted by atomic mass is 32.2. The van der Waals surface area contributed by atoms with Crippen LogP contribution >= 0.6 is 0 Å². The summed E-state index contributed by atoms with van der Waals surface area (Å²) in [6, 6.07) is 28.9. The van der Waals surface area contributed by atoms with Crippen molar-refractivity contribution in [2.45, 2.75) is 50.8 Å². The number of carbonyl (C=O) groups excluding carboxylic acids is 1. The van der Waals surface area contributed by atoms with E-state index in [-0.39, 0.29) is 41.9 Å². The third-order valence-corrected chi connectivity index (χ3v) is 9.74. The van der Waals surface area contributed by atoms with Gasteiger partial charge >= 0.3 is 0 Å². The number of aliphatic hydroxyl groups is 1. The van der Waals surface area contributed by atoms with E-state index >= 15 is 0 Å². The zero-order valence-corrected chi connectivity index (χ0v) is 28.1. The molecule has 47 heavy (non-hydrogen) atoms. The van der Waals surface area contributed by atoms with Crippen LogP contribution in [-0.2, 0) is 27.8 Å². The van der Waals surface area contributed by atoms with Gasteiger partial charge in [-0.1, -0.05) is 55.0 Å². The summed E-state index contributed by atoms with van der Waals surface area (Å²) in [7, 11) is -1.81. The van der Waals surface area contributed by atoms with Crippen LogP contribution in [0, 0.1) is 12.8 Å². The molecule has 1 heterocycles.